The first-order valence-corrected chi connectivity index (χ1v) is 8.24. The van der Waals surface area contributed by atoms with E-state index in [-0.39, 0.29) is 11.1 Å². The van der Waals surface area contributed by atoms with Gasteiger partial charge in [0.1, 0.15) is 5.82 Å². The standard InChI is InChI=1S/C12H22N4O2S/c1-12(2,3)16-10(9-7-5-4-6-8-9)14-15-11(16)19(13,17)18/h9H,4-8H2,1-3H3,(H2,13,17,18). The Morgan fingerprint density at radius 3 is 2.21 bits per heavy atom. The Kier molecular flexibility index (Phi) is 3.70. The highest BCUT2D eigenvalue weighted by Crippen LogP contribution is 2.34. The first-order valence-electron chi connectivity index (χ1n) is 6.70. The summed E-state index contributed by atoms with van der Waals surface area (Å²) in [6.45, 7) is 5.83. The lowest BCUT2D eigenvalue weighted by molar-refractivity contribution is 0.323. The summed E-state index contributed by atoms with van der Waals surface area (Å²) in [7, 11) is -3.85. The summed E-state index contributed by atoms with van der Waals surface area (Å²) in [5.41, 5.74) is -0.405. The van der Waals surface area contributed by atoms with Crippen LogP contribution in [0, 0.1) is 0 Å². The molecule has 0 bridgehead atoms. The Morgan fingerprint density at radius 2 is 1.74 bits per heavy atom. The van der Waals surface area contributed by atoms with E-state index >= 15 is 0 Å². The van der Waals surface area contributed by atoms with Gasteiger partial charge >= 0.3 is 0 Å². The van der Waals surface area contributed by atoms with Gasteiger partial charge in [0.2, 0.25) is 0 Å². The van der Waals surface area contributed by atoms with Crippen LogP contribution in [0.5, 0.6) is 0 Å². The molecule has 0 aromatic carbocycles. The van der Waals surface area contributed by atoms with Crippen LogP contribution in [-0.2, 0) is 15.6 Å². The molecule has 0 aliphatic heterocycles. The molecule has 0 unspecified atom stereocenters. The number of primary sulfonamides is 1. The van der Waals surface area contributed by atoms with Crippen molar-refractivity contribution >= 4 is 10.0 Å². The Morgan fingerprint density at radius 1 is 1.16 bits per heavy atom. The molecule has 0 atom stereocenters. The van der Waals surface area contributed by atoms with Crippen molar-refractivity contribution in [2.24, 2.45) is 5.14 Å². The van der Waals surface area contributed by atoms with Crippen molar-refractivity contribution in [2.75, 3.05) is 0 Å². The normalized spacial score (nSPS) is 18.7. The third kappa shape index (κ3) is 2.97. The van der Waals surface area contributed by atoms with Crippen molar-refractivity contribution in [1.82, 2.24) is 14.8 Å². The summed E-state index contributed by atoms with van der Waals surface area (Å²) in [5, 5.41) is 13.1. The zero-order chi connectivity index (χ0) is 14.3. The van der Waals surface area contributed by atoms with Crippen LogP contribution < -0.4 is 5.14 Å². The molecule has 1 aromatic heterocycles. The first-order chi connectivity index (χ1) is 8.71. The monoisotopic (exact) mass is 286 g/mol. The topological polar surface area (TPSA) is 90.9 Å². The Bertz CT molecular complexity index is 551. The highest BCUT2D eigenvalue weighted by atomic mass is 32.2. The number of nitrogens with two attached hydrogens (primary N) is 1. The Hall–Kier alpha value is -0.950. The maximum atomic E-state index is 11.7. The van der Waals surface area contributed by atoms with Crippen molar-refractivity contribution in [1.29, 1.82) is 0 Å². The number of hydrogen-bond acceptors (Lipinski definition) is 4. The molecule has 2 N–H and O–H groups in total. The van der Waals surface area contributed by atoms with Gasteiger partial charge in [-0.3, -0.25) is 4.57 Å². The fourth-order valence-electron chi connectivity index (χ4n) is 2.72. The second kappa shape index (κ2) is 4.86. The minimum absolute atomic E-state index is 0.124. The number of rotatable bonds is 2. The molecule has 0 saturated heterocycles. The van der Waals surface area contributed by atoms with Crippen LogP contribution in [0.2, 0.25) is 0 Å². The lowest BCUT2D eigenvalue weighted by Crippen LogP contribution is -2.31. The molecule has 1 aromatic rings. The molecule has 6 nitrogen and oxygen atoms in total. The van der Waals surface area contributed by atoms with Crippen molar-refractivity contribution < 1.29 is 8.42 Å². The zero-order valence-corrected chi connectivity index (χ0v) is 12.6. The number of hydrogen-bond donors (Lipinski definition) is 1. The van der Waals surface area contributed by atoms with Gasteiger partial charge in [-0.2, -0.15) is 0 Å². The zero-order valence-electron chi connectivity index (χ0n) is 11.8. The van der Waals surface area contributed by atoms with Gasteiger partial charge in [-0.05, 0) is 33.6 Å². The Labute approximate surface area is 114 Å². The van der Waals surface area contributed by atoms with E-state index in [4.69, 9.17) is 5.14 Å². The van der Waals surface area contributed by atoms with Gasteiger partial charge in [-0.15, -0.1) is 10.2 Å². The minimum Gasteiger partial charge on any atom is -0.295 e. The van der Waals surface area contributed by atoms with Gasteiger partial charge in [-0.25, -0.2) is 13.6 Å². The van der Waals surface area contributed by atoms with Crippen LogP contribution in [0.15, 0.2) is 5.16 Å². The first kappa shape index (κ1) is 14.5. The molecule has 0 spiro atoms. The van der Waals surface area contributed by atoms with Crippen LogP contribution in [0.25, 0.3) is 0 Å². The summed E-state index contributed by atoms with van der Waals surface area (Å²) in [6, 6.07) is 0. The third-order valence-corrected chi connectivity index (χ3v) is 4.33. The predicted octanol–water partition coefficient (Wildman–Crippen LogP) is 1.73. The minimum atomic E-state index is -3.85. The van der Waals surface area contributed by atoms with Crippen molar-refractivity contribution in [2.45, 2.75) is 69.5 Å². The quantitative estimate of drug-likeness (QED) is 0.896. The molecular formula is C12H22N4O2S. The van der Waals surface area contributed by atoms with E-state index in [0.717, 1.165) is 31.5 Å². The highest BCUT2D eigenvalue weighted by Gasteiger charge is 2.32. The van der Waals surface area contributed by atoms with Gasteiger partial charge < -0.3 is 0 Å². The van der Waals surface area contributed by atoms with E-state index in [1.807, 2.05) is 20.8 Å². The third-order valence-electron chi connectivity index (χ3n) is 3.55. The largest absolute Gasteiger partial charge is 0.295 e. The SMILES string of the molecule is CC(C)(C)n1c(C2CCCCC2)nnc1S(N)(=O)=O. The summed E-state index contributed by atoms with van der Waals surface area (Å²) in [6.07, 6.45) is 5.64. The molecule has 0 radical (unpaired) electrons. The van der Waals surface area contributed by atoms with E-state index < -0.39 is 15.6 Å². The van der Waals surface area contributed by atoms with Crippen LogP contribution in [0.3, 0.4) is 0 Å². The average molecular weight is 286 g/mol. The number of aromatic nitrogens is 3. The van der Waals surface area contributed by atoms with Crippen molar-refractivity contribution in [3.63, 3.8) is 0 Å². The smallest absolute Gasteiger partial charge is 0.273 e. The van der Waals surface area contributed by atoms with Gasteiger partial charge in [-0.1, -0.05) is 19.3 Å². The van der Waals surface area contributed by atoms with Gasteiger partial charge in [0.25, 0.3) is 15.2 Å². The number of sulfonamides is 1. The maximum absolute atomic E-state index is 11.7. The molecule has 1 heterocycles. The molecule has 1 fully saturated rings. The fraction of sp³-hybridized carbons (Fsp3) is 0.833. The van der Waals surface area contributed by atoms with Crippen LogP contribution >= 0.6 is 0 Å². The highest BCUT2D eigenvalue weighted by molar-refractivity contribution is 7.89. The summed E-state index contributed by atoms with van der Waals surface area (Å²) < 4.78 is 25.0. The van der Waals surface area contributed by atoms with Gasteiger partial charge in [0.05, 0.1) is 0 Å². The second-order valence-electron chi connectivity index (χ2n) is 6.23. The molecule has 19 heavy (non-hydrogen) atoms. The van der Waals surface area contributed by atoms with Crippen LogP contribution in [0.4, 0.5) is 0 Å². The lowest BCUT2D eigenvalue weighted by Gasteiger charge is -2.28. The van der Waals surface area contributed by atoms with E-state index in [1.165, 1.54) is 6.42 Å². The van der Waals surface area contributed by atoms with Crippen LogP contribution in [-0.4, -0.2) is 23.2 Å². The Balaban J connectivity index is 2.53. The van der Waals surface area contributed by atoms with E-state index in [1.54, 1.807) is 4.57 Å². The molecular weight excluding hydrogens is 264 g/mol. The molecule has 0 amide bonds. The second-order valence-corrected chi connectivity index (χ2v) is 7.68. The van der Waals surface area contributed by atoms with Crippen molar-refractivity contribution in [3.8, 4) is 0 Å². The van der Waals surface area contributed by atoms with Crippen molar-refractivity contribution in [3.05, 3.63) is 5.82 Å². The van der Waals surface area contributed by atoms with E-state index in [9.17, 15) is 8.42 Å². The average Bonchev–Trinajstić information content (AvgIpc) is 2.74. The van der Waals surface area contributed by atoms with Gasteiger partial charge in [0.15, 0.2) is 0 Å². The number of nitrogens with zero attached hydrogens (tertiary/aromatic N) is 3. The summed E-state index contributed by atoms with van der Waals surface area (Å²) in [5.74, 6) is 1.05. The molecule has 108 valence electrons. The molecule has 2 rings (SSSR count). The molecule has 1 saturated carbocycles. The maximum Gasteiger partial charge on any atom is 0.273 e. The van der Waals surface area contributed by atoms with E-state index in [0.29, 0.717) is 0 Å². The molecule has 1 aliphatic rings. The lowest BCUT2D eigenvalue weighted by atomic mass is 9.88. The predicted molar refractivity (Wildman–Crippen MR) is 72.2 cm³/mol. The van der Waals surface area contributed by atoms with E-state index in [2.05, 4.69) is 10.2 Å². The fourth-order valence-corrected chi connectivity index (χ4v) is 3.50. The van der Waals surface area contributed by atoms with Gasteiger partial charge in [0, 0.05) is 11.5 Å². The van der Waals surface area contributed by atoms with Crippen LogP contribution in [0.1, 0.15) is 64.6 Å². The summed E-state index contributed by atoms with van der Waals surface area (Å²) in [4.78, 5) is 0. The summed E-state index contributed by atoms with van der Waals surface area (Å²) >= 11 is 0. The molecule has 7 heteroatoms. The molecule has 1 aliphatic carbocycles.